The van der Waals surface area contributed by atoms with Crippen molar-refractivity contribution in [1.29, 1.82) is 0 Å². The summed E-state index contributed by atoms with van der Waals surface area (Å²) in [5.41, 5.74) is 11.7. The molecule has 0 N–H and O–H groups in total. The predicted molar refractivity (Wildman–Crippen MR) is 108 cm³/mol. The van der Waals surface area contributed by atoms with E-state index >= 15 is 0 Å². The maximum atomic E-state index is 6.36. The molecule has 3 heteroatoms. The van der Waals surface area contributed by atoms with Gasteiger partial charge in [-0.05, 0) is 87.7 Å². The van der Waals surface area contributed by atoms with Crippen molar-refractivity contribution in [1.82, 2.24) is 0 Å². The van der Waals surface area contributed by atoms with Crippen molar-refractivity contribution in [2.45, 2.75) is 84.3 Å². The molecule has 0 spiro atoms. The maximum absolute atomic E-state index is 6.36. The normalized spacial score (nSPS) is 22.1. The highest BCUT2D eigenvalue weighted by atomic mass is 16.7. The van der Waals surface area contributed by atoms with Gasteiger partial charge in [0.1, 0.15) is 0 Å². The fourth-order valence-corrected chi connectivity index (χ4v) is 4.23. The Hall–Kier alpha value is -1.50. The lowest BCUT2D eigenvalue weighted by atomic mass is 9.71. The van der Waals surface area contributed by atoms with E-state index in [4.69, 9.17) is 9.31 Å². The third-order valence-electron chi connectivity index (χ3n) is 6.50. The van der Waals surface area contributed by atoms with Gasteiger partial charge in [-0.2, -0.15) is 0 Å². The summed E-state index contributed by atoms with van der Waals surface area (Å²) in [4.78, 5) is 0. The third kappa shape index (κ3) is 2.75. The minimum Gasteiger partial charge on any atom is -0.399 e. The average Bonchev–Trinajstić information content (AvgIpc) is 2.82. The fourth-order valence-electron chi connectivity index (χ4n) is 4.23. The molecular formula is C23H29BO2. The van der Waals surface area contributed by atoms with Crippen LogP contribution in [-0.4, -0.2) is 18.3 Å². The van der Waals surface area contributed by atoms with Crippen LogP contribution in [0.3, 0.4) is 0 Å². The first kappa shape index (κ1) is 17.9. The summed E-state index contributed by atoms with van der Waals surface area (Å²) < 4.78 is 12.7. The van der Waals surface area contributed by atoms with Gasteiger partial charge in [-0.15, -0.1) is 0 Å². The standard InChI is InChI=1S/C23H29BO2/c1-6-7-9-16-12-13-17-14-15-20(19-11-8-10-18(16)21(17)19)24-25-22(2,3)23(4,5)26-24/h14-15H,6-11H2,1-5H3. The molecule has 26 heavy (non-hydrogen) atoms. The first-order valence-electron chi connectivity index (χ1n) is 10.1. The monoisotopic (exact) mass is 348 g/mol. The van der Waals surface area contributed by atoms with Crippen molar-refractivity contribution >= 4 is 23.9 Å². The molecule has 0 saturated carbocycles. The molecule has 1 fully saturated rings. The first-order chi connectivity index (χ1) is 12.3. The molecule has 3 aliphatic rings. The van der Waals surface area contributed by atoms with Gasteiger partial charge in [0.15, 0.2) is 0 Å². The Morgan fingerprint density at radius 3 is 2.46 bits per heavy atom. The Kier molecular flexibility index (Phi) is 4.33. The number of hydrogen-bond acceptors (Lipinski definition) is 2. The second-order valence-corrected chi connectivity index (χ2v) is 8.81. The SMILES string of the molecule is CCCCC1=C=C=c2ccc(B3OC(C)(C)C(C)(C)O3)c3c2=C1CCC3. The van der Waals surface area contributed by atoms with E-state index in [1.54, 1.807) is 0 Å². The van der Waals surface area contributed by atoms with Gasteiger partial charge in [-0.25, -0.2) is 0 Å². The second kappa shape index (κ2) is 6.29. The summed E-state index contributed by atoms with van der Waals surface area (Å²) in [5, 5.41) is 2.59. The van der Waals surface area contributed by atoms with Crippen LogP contribution in [0.1, 0.15) is 72.3 Å². The summed E-state index contributed by atoms with van der Waals surface area (Å²) in [5.74, 6) is 0. The van der Waals surface area contributed by atoms with E-state index in [0.29, 0.717) is 0 Å². The van der Waals surface area contributed by atoms with Crippen LogP contribution in [0.2, 0.25) is 0 Å². The van der Waals surface area contributed by atoms with Crippen molar-refractivity contribution in [3.05, 3.63) is 39.4 Å². The van der Waals surface area contributed by atoms with Crippen LogP contribution in [0.15, 0.2) is 23.4 Å². The van der Waals surface area contributed by atoms with Crippen molar-refractivity contribution in [2.75, 3.05) is 0 Å². The molecule has 2 nitrogen and oxygen atoms in total. The number of rotatable bonds is 4. The molecule has 1 aromatic carbocycles. The van der Waals surface area contributed by atoms with Gasteiger partial charge < -0.3 is 9.31 Å². The summed E-state index contributed by atoms with van der Waals surface area (Å²) in [6.45, 7) is 10.7. The molecule has 1 saturated heterocycles. The molecule has 4 rings (SSSR count). The van der Waals surface area contributed by atoms with Gasteiger partial charge in [0.05, 0.1) is 11.2 Å². The molecule has 0 amide bonds. The van der Waals surface area contributed by atoms with E-state index in [0.717, 1.165) is 19.3 Å². The quantitative estimate of drug-likeness (QED) is 0.615. The van der Waals surface area contributed by atoms with Gasteiger partial charge in [-0.3, -0.25) is 0 Å². The second-order valence-electron chi connectivity index (χ2n) is 8.81. The minimum atomic E-state index is -0.306. The lowest BCUT2D eigenvalue weighted by molar-refractivity contribution is 0.00578. The van der Waals surface area contributed by atoms with Crippen molar-refractivity contribution < 1.29 is 9.31 Å². The van der Waals surface area contributed by atoms with Crippen LogP contribution < -0.4 is 15.9 Å². The molecule has 1 aromatic rings. The van der Waals surface area contributed by atoms with E-state index in [-0.39, 0.29) is 18.3 Å². The average molecular weight is 348 g/mol. The Morgan fingerprint density at radius 2 is 1.77 bits per heavy atom. The van der Waals surface area contributed by atoms with E-state index in [2.05, 4.69) is 58.2 Å². The van der Waals surface area contributed by atoms with Gasteiger partial charge in [0.2, 0.25) is 0 Å². The predicted octanol–water partition coefficient (Wildman–Crippen LogP) is 3.14. The van der Waals surface area contributed by atoms with Crippen molar-refractivity contribution in [3.8, 4) is 0 Å². The number of benzene rings is 1. The molecule has 1 aliphatic heterocycles. The summed E-state index contributed by atoms with van der Waals surface area (Å²) >= 11 is 0. The Labute approximate surface area is 157 Å². The van der Waals surface area contributed by atoms with Crippen molar-refractivity contribution in [3.63, 3.8) is 0 Å². The zero-order chi connectivity index (χ0) is 18.5. The number of hydrogen-bond donors (Lipinski definition) is 0. The lowest BCUT2D eigenvalue weighted by Gasteiger charge is -2.32. The minimum absolute atomic E-state index is 0.284. The Morgan fingerprint density at radius 1 is 1.04 bits per heavy atom. The first-order valence-corrected chi connectivity index (χ1v) is 10.1. The molecule has 2 aliphatic carbocycles. The van der Waals surface area contributed by atoms with E-state index < -0.39 is 0 Å². The van der Waals surface area contributed by atoms with Gasteiger partial charge in [-0.1, -0.05) is 30.9 Å². The highest BCUT2D eigenvalue weighted by molar-refractivity contribution is 6.62. The summed E-state index contributed by atoms with van der Waals surface area (Å²) in [6, 6.07) is 4.36. The van der Waals surface area contributed by atoms with Gasteiger partial charge in [0.25, 0.3) is 0 Å². The summed E-state index contributed by atoms with van der Waals surface area (Å²) in [7, 11) is -0.284. The van der Waals surface area contributed by atoms with E-state index in [9.17, 15) is 0 Å². The number of unbranched alkanes of at least 4 members (excludes halogenated alkanes) is 1. The van der Waals surface area contributed by atoms with Crippen molar-refractivity contribution in [2.24, 2.45) is 0 Å². The van der Waals surface area contributed by atoms with Crippen LogP contribution in [0.25, 0.3) is 11.3 Å². The largest absolute Gasteiger partial charge is 0.495 e. The topological polar surface area (TPSA) is 18.5 Å². The van der Waals surface area contributed by atoms with Gasteiger partial charge in [0, 0.05) is 10.8 Å². The van der Waals surface area contributed by atoms with Gasteiger partial charge >= 0.3 is 7.12 Å². The van der Waals surface area contributed by atoms with Crippen LogP contribution in [0.5, 0.6) is 0 Å². The lowest BCUT2D eigenvalue weighted by Crippen LogP contribution is -2.46. The molecule has 0 atom stereocenters. The van der Waals surface area contributed by atoms with E-state index in [1.165, 1.54) is 51.9 Å². The molecule has 0 radical (unpaired) electrons. The molecule has 0 unspecified atom stereocenters. The maximum Gasteiger partial charge on any atom is 0.495 e. The smallest absolute Gasteiger partial charge is 0.399 e. The molecular weight excluding hydrogens is 319 g/mol. The highest BCUT2D eigenvalue weighted by Crippen LogP contribution is 2.37. The molecule has 1 heterocycles. The van der Waals surface area contributed by atoms with Crippen LogP contribution in [0.4, 0.5) is 0 Å². The molecule has 0 aromatic heterocycles. The third-order valence-corrected chi connectivity index (χ3v) is 6.50. The number of allylic oxidation sites excluding steroid dienone is 1. The van der Waals surface area contributed by atoms with Crippen LogP contribution >= 0.6 is 0 Å². The fraction of sp³-hybridized carbons (Fsp3) is 0.565. The van der Waals surface area contributed by atoms with Crippen LogP contribution in [0, 0.1) is 0 Å². The zero-order valence-electron chi connectivity index (χ0n) is 16.8. The molecule has 0 bridgehead atoms. The summed E-state index contributed by atoms with van der Waals surface area (Å²) in [6.07, 6.45) is 6.98. The zero-order valence-corrected chi connectivity index (χ0v) is 16.8. The van der Waals surface area contributed by atoms with E-state index in [1.807, 2.05) is 0 Å². The van der Waals surface area contributed by atoms with Crippen LogP contribution in [-0.2, 0) is 15.7 Å². The highest BCUT2D eigenvalue weighted by Gasteiger charge is 2.52. The Balaban J connectivity index is 1.84. The Bertz CT molecular complexity index is 925. The molecule has 136 valence electrons.